The smallest absolute Gasteiger partial charge is 0.0779 e. The summed E-state index contributed by atoms with van der Waals surface area (Å²) in [5.41, 5.74) is 4.67. The molecule has 3 nitrogen and oxygen atoms in total. The molecule has 2 aromatic rings. The first-order valence-corrected chi connectivity index (χ1v) is 7.64. The summed E-state index contributed by atoms with van der Waals surface area (Å²) in [6.07, 6.45) is 7.84. The fourth-order valence-electron chi connectivity index (χ4n) is 3.06. The number of hydrogen-bond donors (Lipinski definition) is 0. The van der Waals surface area contributed by atoms with Crippen LogP contribution in [0.3, 0.4) is 0 Å². The molecule has 0 bridgehead atoms. The van der Waals surface area contributed by atoms with E-state index in [-0.39, 0.29) is 6.04 Å². The summed E-state index contributed by atoms with van der Waals surface area (Å²) >= 11 is 0. The molecule has 0 amide bonds. The molecule has 108 valence electrons. The Morgan fingerprint density at radius 3 is 2.86 bits per heavy atom. The van der Waals surface area contributed by atoms with Crippen LogP contribution in [-0.4, -0.2) is 17.2 Å². The molecule has 3 heterocycles. The lowest BCUT2D eigenvalue weighted by Gasteiger charge is -2.17. The van der Waals surface area contributed by atoms with E-state index in [1.165, 1.54) is 16.4 Å². The average molecular weight is 287 g/mol. The van der Waals surface area contributed by atoms with E-state index < -0.39 is 0 Å². The Morgan fingerprint density at radius 2 is 2.00 bits per heavy atom. The standard InChI is InChI=1S/C19H17N3/c1-13-6-7-14(12-21-13)8-9-17-19-15-4-2-3-5-16(15)22-18(19)10-11-20-17/h2-7,10-12,17H,8-9H2,1H3. The molecular weight excluding hydrogens is 270 g/mol. The minimum absolute atomic E-state index is 0.189. The molecule has 2 aliphatic rings. The van der Waals surface area contributed by atoms with E-state index in [4.69, 9.17) is 4.99 Å². The number of aliphatic imine (C=N–C) groups is 1. The van der Waals surface area contributed by atoms with E-state index in [9.17, 15) is 0 Å². The largest absolute Gasteiger partial charge is 0.285 e. The van der Waals surface area contributed by atoms with Gasteiger partial charge in [-0.2, -0.15) is 0 Å². The monoisotopic (exact) mass is 287 g/mol. The Labute approximate surface area is 129 Å². The Balaban J connectivity index is 1.63. The molecule has 0 fully saturated rings. The highest BCUT2D eigenvalue weighted by Gasteiger charge is 2.23. The van der Waals surface area contributed by atoms with Crippen LogP contribution in [0.25, 0.3) is 5.57 Å². The maximum absolute atomic E-state index is 4.71. The second kappa shape index (κ2) is 5.34. The van der Waals surface area contributed by atoms with Crippen molar-refractivity contribution in [3.63, 3.8) is 0 Å². The van der Waals surface area contributed by atoms with Gasteiger partial charge in [-0.3, -0.25) is 9.98 Å². The molecule has 22 heavy (non-hydrogen) atoms. The summed E-state index contributed by atoms with van der Waals surface area (Å²) in [7, 11) is 0. The maximum atomic E-state index is 4.71. The van der Waals surface area contributed by atoms with Crippen LogP contribution in [0, 0.1) is 6.92 Å². The van der Waals surface area contributed by atoms with Gasteiger partial charge in [0.1, 0.15) is 0 Å². The van der Waals surface area contributed by atoms with E-state index in [0.29, 0.717) is 0 Å². The van der Waals surface area contributed by atoms with Gasteiger partial charge in [-0.05, 0) is 43.5 Å². The van der Waals surface area contributed by atoms with Crippen LogP contribution < -0.4 is 10.6 Å². The third kappa shape index (κ3) is 2.29. The summed E-state index contributed by atoms with van der Waals surface area (Å²) in [5, 5.41) is 2.30. The molecule has 1 unspecified atom stereocenters. The van der Waals surface area contributed by atoms with Gasteiger partial charge in [-0.15, -0.1) is 0 Å². The third-order valence-electron chi connectivity index (χ3n) is 4.22. The molecule has 0 radical (unpaired) electrons. The third-order valence-corrected chi connectivity index (χ3v) is 4.22. The van der Waals surface area contributed by atoms with Crippen LogP contribution in [0.1, 0.15) is 17.7 Å². The van der Waals surface area contributed by atoms with Crippen molar-refractivity contribution in [2.45, 2.75) is 25.8 Å². The predicted octanol–water partition coefficient (Wildman–Crippen LogP) is 2.14. The Bertz CT molecular complexity index is 889. The van der Waals surface area contributed by atoms with E-state index in [1.54, 1.807) is 0 Å². The predicted molar refractivity (Wildman–Crippen MR) is 88.3 cm³/mol. The van der Waals surface area contributed by atoms with Gasteiger partial charge in [0, 0.05) is 28.9 Å². The number of aryl methyl sites for hydroxylation is 2. The molecule has 1 atom stereocenters. The van der Waals surface area contributed by atoms with E-state index in [2.05, 4.69) is 40.3 Å². The van der Waals surface area contributed by atoms with E-state index in [0.717, 1.165) is 29.6 Å². The van der Waals surface area contributed by atoms with Crippen molar-refractivity contribution >= 4 is 11.8 Å². The SMILES string of the molecule is Cc1ccc(CCC2N=CC=C3N=c4ccccc4=C32)cn1. The number of allylic oxidation sites excluding steroid dienone is 1. The van der Waals surface area contributed by atoms with Gasteiger partial charge in [0.15, 0.2) is 0 Å². The number of nitrogens with zero attached hydrogens (tertiary/aromatic N) is 3. The van der Waals surface area contributed by atoms with Gasteiger partial charge in [0.2, 0.25) is 0 Å². The normalized spacial score (nSPS) is 18.5. The number of pyridine rings is 1. The first-order valence-electron chi connectivity index (χ1n) is 7.64. The molecular formula is C19H17N3. The summed E-state index contributed by atoms with van der Waals surface area (Å²) < 4.78 is 0. The Hall–Kier alpha value is -2.55. The first kappa shape index (κ1) is 13.1. The van der Waals surface area contributed by atoms with Gasteiger partial charge in [-0.1, -0.05) is 24.3 Å². The Kier molecular flexibility index (Phi) is 3.19. The average Bonchev–Trinajstić information content (AvgIpc) is 2.93. The number of dihydropyridines is 1. The topological polar surface area (TPSA) is 37.6 Å². The number of hydrogen-bond acceptors (Lipinski definition) is 3. The zero-order valence-electron chi connectivity index (χ0n) is 12.5. The van der Waals surface area contributed by atoms with Crippen LogP contribution in [0.15, 0.2) is 64.4 Å². The molecule has 3 heteroatoms. The van der Waals surface area contributed by atoms with Crippen LogP contribution in [0.4, 0.5) is 0 Å². The molecule has 0 N–H and O–H groups in total. The second-order valence-corrected chi connectivity index (χ2v) is 5.75. The number of aromatic nitrogens is 1. The number of para-hydroxylation sites is 1. The molecule has 0 spiro atoms. The van der Waals surface area contributed by atoms with Gasteiger partial charge < -0.3 is 0 Å². The first-order chi connectivity index (χ1) is 10.8. The highest BCUT2D eigenvalue weighted by atomic mass is 14.9. The minimum Gasteiger partial charge on any atom is -0.285 e. The van der Waals surface area contributed by atoms with Gasteiger partial charge in [0.05, 0.1) is 17.1 Å². The molecule has 0 saturated heterocycles. The quantitative estimate of drug-likeness (QED) is 0.852. The van der Waals surface area contributed by atoms with Crippen LogP contribution in [0.5, 0.6) is 0 Å². The fourth-order valence-corrected chi connectivity index (χ4v) is 3.06. The summed E-state index contributed by atoms with van der Waals surface area (Å²) in [6, 6.07) is 12.7. The molecule has 1 aromatic heterocycles. The van der Waals surface area contributed by atoms with Crippen molar-refractivity contribution < 1.29 is 0 Å². The minimum atomic E-state index is 0.189. The molecule has 1 aromatic carbocycles. The van der Waals surface area contributed by atoms with Crippen molar-refractivity contribution in [2.24, 2.45) is 9.98 Å². The lowest BCUT2D eigenvalue weighted by Crippen LogP contribution is -2.26. The van der Waals surface area contributed by atoms with Gasteiger partial charge in [0.25, 0.3) is 0 Å². The fraction of sp³-hybridized carbons (Fsp3) is 0.211. The van der Waals surface area contributed by atoms with E-state index >= 15 is 0 Å². The van der Waals surface area contributed by atoms with Crippen molar-refractivity contribution in [2.75, 3.05) is 0 Å². The van der Waals surface area contributed by atoms with E-state index in [1.807, 2.05) is 31.5 Å². The van der Waals surface area contributed by atoms with Crippen LogP contribution >= 0.6 is 0 Å². The van der Waals surface area contributed by atoms with Gasteiger partial charge >= 0.3 is 0 Å². The highest BCUT2D eigenvalue weighted by Crippen LogP contribution is 2.26. The maximum Gasteiger partial charge on any atom is 0.0779 e. The lowest BCUT2D eigenvalue weighted by molar-refractivity contribution is 0.731. The molecule has 0 aliphatic carbocycles. The summed E-state index contributed by atoms with van der Waals surface area (Å²) in [6.45, 7) is 2.01. The lowest BCUT2D eigenvalue weighted by atomic mass is 9.95. The highest BCUT2D eigenvalue weighted by molar-refractivity contribution is 5.85. The molecule has 4 rings (SSSR count). The number of rotatable bonds is 3. The zero-order chi connectivity index (χ0) is 14.9. The Morgan fingerprint density at radius 1 is 1.09 bits per heavy atom. The summed E-state index contributed by atoms with van der Waals surface area (Å²) in [5.74, 6) is 0. The van der Waals surface area contributed by atoms with Crippen molar-refractivity contribution in [3.05, 3.63) is 76.2 Å². The summed E-state index contributed by atoms with van der Waals surface area (Å²) in [4.78, 5) is 13.8. The molecule has 2 aliphatic heterocycles. The van der Waals surface area contributed by atoms with Crippen molar-refractivity contribution in [1.29, 1.82) is 0 Å². The number of fused-ring (bicyclic) bond motifs is 2. The van der Waals surface area contributed by atoms with Gasteiger partial charge in [-0.25, -0.2) is 4.99 Å². The second-order valence-electron chi connectivity index (χ2n) is 5.75. The van der Waals surface area contributed by atoms with Crippen LogP contribution in [0.2, 0.25) is 0 Å². The van der Waals surface area contributed by atoms with Crippen molar-refractivity contribution in [1.82, 2.24) is 4.98 Å². The van der Waals surface area contributed by atoms with Crippen molar-refractivity contribution in [3.8, 4) is 0 Å². The van der Waals surface area contributed by atoms with Crippen LogP contribution in [-0.2, 0) is 6.42 Å². The molecule has 0 saturated carbocycles. The zero-order valence-corrected chi connectivity index (χ0v) is 12.5. The number of benzene rings is 1.